The summed E-state index contributed by atoms with van der Waals surface area (Å²) in [6.45, 7) is 0.443. The molecule has 0 bridgehead atoms. The van der Waals surface area contributed by atoms with Crippen molar-refractivity contribution in [3.8, 4) is 0 Å². The van der Waals surface area contributed by atoms with Gasteiger partial charge in [0.2, 0.25) is 11.8 Å². The van der Waals surface area contributed by atoms with E-state index >= 15 is 0 Å². The average molecular weight is 287 g/mol. The number of anilines is 2. The molecular weight excluding hydrogens is 266 g/mol. The summed E-state index contributed by atoms with van der Waals surface area (Å²) in [5.74, 6) is 0.316. The van der Waals surface area contributed by atoms with Crippen LogP contribution in [0.1, 0.15) is 19.3 Å². The highest BCUT2D eigenvalue weighted by Gasteiger charge is 2.41. The molecule has 2 fully saturated rings. The molecule has 1 aliphatic carbocycles. The second kappa shape index (κ2) is 5.39. The van der Waals surface area contributed by atoms with E-state index in [0.717, 1.165) is 24.2 Å². The van der Waals surface area contributed by atoms with E-state index in [4.69, 9.17) is 0 Å². The minimum absolute atomic E-state index is 0.0231. The quantitative estimate of drug-likeness (QED) is 0.914. The molecule has 1 unspecified atom stereocenters. The fourth-order valence-corrected chi connectivity index (χ4v) is 2.86. The SMILES string of the molecule is CN(C)c1ccccc1N1CCC(=O)NC(C2CC2)C1=O. The van der Waals surface area contributed by atoms with Gasteiger partial charge in [-0.3, -0.25) is 9.59 Å². The topological polar surface area (TPSA) is 52.6 Å². The Morgan fingerprint density at radius 3 is 2.57 bits per heavy atom. The number of nitrogens with zero attached hydrogens (tertiary/aromatic N) is 2. The molecule has 21 heavy (non-hydrogen) atoms. The zero-order valence-electron chi connectivity index (χ0n) is 12.5. The van der Waals surface area contributed by atoms with Crippen LogP contribution in [0, 0.1) is 5.92 Å². The Labute approximate surface area is 124 Å². The Bertz CT molecular complexity index is 566. The van der Waals surface area contributed by atoms with Crippen molar-refractivity contribution < 1.29 is 9.59 Å². The summed E-state index contributed by atoms with van der Waals surface area (Å²) in [5, 5.41) is 2.90. The molecule has 1 aliphatic heterocycles. The van der Waals surface area contributed by atoms with Crippen LogP contribution in [0.4, 0.5) is 11.4 Å². The van der Waals surface area contributed by atoms with Crippen molar-refractivity contribution in [1.29, 1.82) is 0 Å². The Morgan fingerprint density at radius 2 is 1.90 bits per heavy atom. The molecule has 1 saturated carbocycles. The standard InChI is InChI=1S/C16H21N3O2/c1-18(2)12-5-3-4-6-13(12)19-10-9-14(20)17-15(16(19)21)11-7-8-11/h3-6,11,15H,7-10H2,1-2H3,(H,17,20). The smallest absolute Gasteiger partial charge is 0.249 e. The third-order valence-corrected chi connectivity index (χ3v) is 4.16. The number of hydrogen-bond acceptors (Lipinski definition) is 3. The summed E-state index contributed by atoms with van der Waals surface area (Å²) < 4.78 is 0. The zero-order chi connectivity index (χ0) is 15.0. The van der Waals surface area contributed by atoms with Crippen molar-refractivity contribution in [3.05, 3.63) is 24.3 Å². The fourth-order valence-electron chi connectivity index (χ4n) is 2.86. The van der Waals surface area contributed by atoms with E-state index in [1.807, 2.05) is 43.3 Å². The Balaban J connectivity index is 1.96. The number of benzene rings is 1. The van der Waals surface area contributed by atoms with Crippen LogP contribution in [-0.2, 0) is 9.59 Å². The van der Waals surface area contributed by atoms with Crippen LogP contribution in [0.3, 0.4) is 0 Å². The van der Waals surface area contributed by atoms with Crippen LogP contribution in [0.5, 0.6) is 0 Å². The molecule has 1 aromatic rings. The van der Waals surface area contributed by atoms with E-state index in [1.165, 1.54) is 0 Å². The predicted molar refractivity (Wildman–Crippen MR) is 82.4 cm³/mol. The Morgan fingerprint density at radius 1 is 1.19 bits per heavy atom. The van der Waals surface area contributed by atoms with Crippen molar-refractivity contribution >= 4 is 23.2 Å². The normalized spacial score (nSPS) is 22.8. The molecular formula is C16H21N3O2. The molecule has 3 rings (SSSR count). The van der Waals surface area contributed by atoms with E-state index < -0.39 is 0 Å². The molecule has 2 amide bonds. The minimum atomic E-state index is -0.352. The van der Waals surface area contributed by atoms with Gasteiger partial charge in [-0.2, -0.15) is 0 Å². The van der Waals surface area contributed by atoms with Gasteiger partial charge < -0.3 is 15.1 Å². The van der Waals surface area contributed by atoms with Crippen molar-refractivity contribution in [2.75, 3.05) is 30.4 Å². The lowest BCUT2D eigenvalue weighted by Gasteiger charge is -2.28. The maximum absolute atomic E-state index is 12.8. The van der Waals surface area contributed by atoms with Crippen LogP contribution in [-0.4, -0.2) is 38.5 Å². The van der Waals surface area contributed by atoms with Crippen LogP contribution >= 0.6 is 0 Å². The van der Waals surface area contributed by atoms with Crippen molar-refractivity contribution in [2.45, 2.75) is 25.3 Å². The van der Waals surface area contributed by atoms with Crippen LogP contribution in [0.25, 0.3) is 0 Å². The summed E-state index contributed by atoms with van der Waals surface area (Å²) in [5.41, 5.74) is 1.88. The van der Waals surface area contributed by atoms with Gasteiger partial charge in [-0.15, -0.1) is 0 Å². The lowest BCUT2D eigenvalue weighted by molar-refractivity contribution is -0.126. The molecule has 1 N–H and O–H groups in total. The van der Waals surface area contributed by atoms with Crippen molar-refractivity contribution in [3.63, 3.8) is 0 Å². The molecule has 1 heterocycles. The monoisotopic (exact) mass is 287 g/mol. The first-order valence-corrected chi connectivity index (χ1v) is 7.45. The molecule has 112 valence electrons. The highest BCUT2D eigenvalue weighted by Crippen LogP contribution is 2.36. The number of amides is 2. The van der Waals surface area contributed by atoms with Gasteiger partial charge in [-0.1, -0.05) is 12.1 Å². The van der Waals surface area contributed by atoms with Gasteiger partial charge >= 0.3 is 0 Å². The maximum atomic E-state index is 12.8. The predicted octanol–water partition coefficient (Wildman–Crippen LogP) is 1.38. The number of carbonyl (C=O) groups excluding carboxylic acids is 2. The van der Waals surface area contributed by atoms with E-state index in [2.05, 4.69) is 5.32 Å². The van der Waals surface area contributed by atoms with E-state index in [9.17, 15) is 9.59 Å². The van der Waals surface area contributed by atoms with Gasteiger partial charge in [-0.25, -0.2) is 0 Å². The number of carbonyl (C=O) groups is 2. The first-order valence-electron chi connectivity index (χ1n) is 7.45. The summed E-state index contributed by atoms with van der Waals surface area (Å²) in [6, 6.07) is 7.49. The van der Waals surface area contributed by atoms with E-state index in [-0.39, 0.29) is 17.9 Å². The second-order valence-electron chi connectivity index (χ2n) is 6.01. The largest absolute Gasteiger partial charge is 0.376 e. The van der Waals surface area contributed by atoms with Crippen LogP contribution in [0.2, 0.25) is 0 Å². The average Bonchev–Trinajstić information content (AvgIpc) is 3.29. The van der Waals surface area contributed by atoms with Gasteiger partial charge in [0, 0.05) is 27.1 Å². The molecule has 1 saturated heterocycles. The second-order valence-corrected chi connectivity index (χ2v) is 6.01. The Hall–Kier alpha value is -2.04. The van der Waals surface area contributed by atoms with Crippen LogP contribution < -0.4 is 15.1 Å². The summed E-state index contributed by atoms with van der Waals surface area (Å²) in [6.07, 6.45) is 2.41. The third kappa shape index (κ3) is 2.73. The molecule has 0 spiro atoms. The van der Waals surface area contributed by atoms with Gasteiger partial charge in [0.05, 0.1) is 11.4 Å². The van der Waals surface area contributed by atoms with Crippen molar-refractivity contribution in [2.24, 2.45) is 5.92 Å². The van der Waals surface area contributed by atoms with Gasteiger partial charge in [0.25, 0.3) is 0 Å². The highest BCUT2D eigenvalue weighted by molar-refractivity contribution is 6.03. The molecule has 5 nitrogen and oxygen atoms in total. The maximum Gasteiger partial charge on any atom is 0.249 e. The van der Waals surface area contributed by atoms with Crippen molar-refractivity contribution in [1.82, 2.24) is 5.32 Å². The molecule has 5 heteroatoms. The zero-order valence-corrected chi connectivity index (χ0v) is 12.5. The number of rotatable bonds is 3. The molecule has 1 atom stereocenters. The number of hydrogen-bond donors (Lipinski definition) is 1. The van der Waals surface area contributed by atoms with Gasteiger partial charge in [0.1, 0.15) is 6.04 Å². The first-order chi connectivity index (χ1) is 10.1. The molecule has 0 radical (unpaired) electrons. The lowest BCUT2D eigenvalue weighted by atomic mass is 10.1. The summed E-state index contributed by atoms with van der Waals surface area (Å²) in [4.78, 5) is 28.5. The Kier molecular flexibility index (Phi) is 3.57. The van der Waals surface area contributed by atoms with Gasteiger partial charge in [0.15, 0.2) is 0 Å². The summed E-state index contributed by atoms with van der Waals surface area (Å²) >= 11 is 0. The number of nitrogens with one attached hydrogen (secondary N) is 1. The van der Waals surface area contributed by atoms with E-state index in [0.29, 0.717) is 18.9 Å². The minimum Gasteiger partial charge on any atom is -0.376 e. The fraction of sp³-hybridized carbons (Fsp3) is 0.500. The van der Waals surface area contributed by atoms with Crippen LogP contribution in [0.15, 0.2) is 24.3 Å². The highest BCUT2D eigenvalue weighted by atomic mass is 16.2. The summed E-state index contributed by atoms with van der Waals surface area (Å²) in [7, 11) is 3.92. The molecule has 1 aromatic carbocycles. The molecule has 2 aliphatic rings. The van der Waals surface area contributed by atoms with E-state index in [1.54, 1.807) is 4.90 Å². The molecule has 0 aromatic heterocycles. The number of para-hydroxylation sites is 2. The third-order valence-electron chi connectivity index (χ3n) is 4.16. The first kappa shape index (κ1) is 13.9. The lowest BCUT2D eigenvalue weighted by Crippen LogP contribution is -2.46. The van der Waals surface area contributed by atoms with Gasteiger partial charge in [-0.05, 0) is 30.9 Å².